The Kier molecular flexibility index (Phi) is 21.2. The summed E-state index contributed by atoms with van der Waals surface area (Å²) in [5, 5.41) is 8.32. The number of hydrogen-bond acceptors (Lipinski definition) is 17. The largest absolute Gasteiger partial charge is 0.494 e. The van der Waals surface area contributed by atoms with E-state index in [2.05, 4.69) is 108 Å². The van der Waals surface area contributed by atoms with Crippen molar-refractivity contribution in [1.82, 2.24) is 34.9 Å². The average Bonchev–Trinajstić information content (AvgIpc) is 4.08. The first-order valence-corrected chi connectivity index (χ1v) is 24.3. The molecule has 9 rings (SSSR count). The summed E-state index contributed by atoms with van der Waals surface area (Å²) in [5.41, 5.74) is 10.4. The molecular weight excluding hydrogens is 1120 g/mol. The number of amidine groups is 1. The maximum absolute atomic E-state index is 11.1. The van der Waals surface area contributed by atoms with Gasteiger partial charge in [0.2, 0.25) is 11.8 Å². The minimum atomic E-state index is -0.404. The van der Waals surface area contributed by atoms with Crippen molar-refractivity contribution in [2.75, 3.05) is 29.1 Å². The third kappa shape index (κ3) is 18.8. The van der Waals surface area contributed by atoms with Gasteiger partial charge in [-0.2, -0.15) is 0 Å². The number of nitrogens with one attached hydrogen (secondary N) is 3. The van der Waals surface area contributed by atoms with E-state index in [0.29, 0.717) is 36.7 Å². The molecule has 2 aliphatic heterocycles. The Balaban J connectivity index is 0.000000177. The molecule has 23 heteroatoms. The lowest BCUT2D eigenvalue weighted by atomic mass is 9.79. The lowest BCUT2D eigenvalue weighted by molar-refractivity contribution is -0.116. The number of anilines is 4. The molecule has 0 atom stereocenters. The summed E-state index contributed by atoms with van der Waals surface area (Å²) in [6.45, 7) is 13.9. The van der Waals surface area contributed by atoms with Crippen molar-refractivity contribution in [3.05, 3.63) is 142 Å². The van der Waals surface area contributed by atoms with Crippen molar-refractivity contribution >= 4 is 107 Å². The molecule has 0 spiro atoms. The second-order valence-corrected chi connectivity index (χ2v) is 19.2. The van der Waals surface area contributed by atoms with E-state index in [4.69, 9.17) is 19.5 Å². The molecule has 0 saturated carbocycles. The van der Waals surface area contributed by atoms with Gasteiger partial charge in [0.15, 0.2) is 0 Å². The van der Waals surface area contributed by atoms with Crippen LogP contribution >= 0.6 is 47.8 Å². The number of rotatable bonds is 9. The smallest absolute Gasteiger partial charge is 0.463 e. The summed E-state index contributed by atoms with van der Waals surface area (Å²) in [7, 11) is -0.404. The number of carbonyl (C=O) groups excluding carboxylic acids is 3. The zero-order valence-corrected chi connectivity index (χ0v) is 45.2. The van der Waals surface area contributed by atoms with Gasteiger partial charge in [0.1, 0.15) is 30.3 Å². The summed E-state index contributed by atoms with van der Waals surface area (Å²) in [6.07, 6.45) is 18.7. The van der Waals surface area contributed by atoms with Crippen LogP contribution in [0.1, 0.15) is 54.2 Å². The molecule has 5 N–H and O–H groups in total. The molecule has 7 aromatic heterocycles. The number of oxazole rings is 1. The van der Waals surface area contributed by atoms with Crippen LogP contribution in [0.15, 0.2) is 146 Å². The summed E-state index contributed by atoms with van der Waals surface area (Å²) in [4.78, 5) is 65.4. The van der Waals surface area contributed by atoms with Crippen LogP contribution in [-0.4, -0.2) is 90.0 Å². The summed E-state index contributed by atoms with van der Waals surface area (Å²) in [5.74, 6) is 0.828. The molecule has 72 heavy (non-hydrogen) atoms. The normalized spacial score (nSPS) is 13.6. The second kappa shape index (κ2) is 27.2. The highest BCUT2D eigenvalue weighted by atomic mass is 79.9. The molecule has 0 aromatic carbocycles. The van der Waals surface area contributed by atoms with Crippen molar-refractivity contribution in [1.29, 1.82) is 0 Å². The number of pyridine rings is 6. The number of amides is 2. The fourth-order valence-corrected chi connectivity index (χ4v) is 7.48. The number of ether oxygens (including phenoxy) is 1. The van der Waals surface area contributed by atoms with Gasteiger partial charge in [-0.05, 0) is 154 Å². The molecule has 1 fully saturated rings. The average molecular weight is 1170 g/mol. The van der Waals surface area contributed by atoms with E-state index in [-0.39, 0.29) is 28.8 Å². The fourth-order valence-electron chi connectivity index (χ4n) is 6.07. The molecule has 0 aliphatic carbocycles. The quantitative estimate of drug-likeness (QED) is 0.0983. The van der Waals surface area contributed by atoms with E-state index in [1.807, 2.05) is 76.2 Å². The Morgan fingerprint density at radius 3 is 1.65 bits per heavy atom. The lowest BCUT2D eigenvalue weighted by Gasteiger charge is -2.32. The number of ketones is 1. The van der Waals surface area contributed by atoms with E-state index < -0.39 is 7.12 Å². The predicted molar refractivity (Wildman–Crippen MR) is 287 cm³/mol. The Morgan fingerprint density at radius 1 is 0.653 bits per heavy atom. The van der Waals surface area contributed by atoms with Crippen molar-refractivity contribution < 1.29 is 32.8 Å². The zero-order chi connectivity index (χ0) is 52.3. The molecule has 1 saturated heterocycles. The number of nitrogens with zero attached hydrogens (tertiary/aromatic N) is 8. The number of halogens is 3. The first kappa shape index (κ1) is 56.1. The Labute approximate surface area is 442 Å². The highest BCUT2D eigenvalue weighted by Crippen LogP contribution is 2.36. The van der Waals surface area contributed by atoms with Crippen LogP contribution in [0.4, 0.5) is 23.3 Å². The van der Waals surface area contributed by atoms with Gasteiger partial charge in [-0.3, -0.25) is 34.3 Å². The third-order valence-corrected chi connectivity index (χ3v) is 11.3. The van der Waals surface area contributed by atoms with Gasteiger partial charge in [-0.25, -0.2) is 19.9 Å². The number of aliphatic imine (C=N–C) groups is 1. The standard InChI is InChI=1S/C15H13N5O2.C14H20BNO3.C12H10BrN3O.C5H3Br2N.C3H6N2O/c1-10(21)19-14-7-11(2-3-17-14)12-6-13(9-16-8-12)20-15-18-4-5-22-15;1-10(17)8-12-9-11(6-7-16-12)15-18-13(2,3)14(4,5)19-15;1-8(17)16-12-5-9(2-3-15-12)10-4-11(13)7-14-6-10;6-4-1-5(7)3-8-2-4;4-3-5-1-2-6-3/h2-9H,1H3,(H,18,20)(H,17,19,21);6-7,9H,8H2,1-5H3;2-7H,1H3,(H,15,16,17);1-3H;1-2H2,(H2,4,5). The topological polar surface area (TPSA) is 257 Å². The minimum Gasteiger partial charge on any atom is -0.463 e. The van der Waals surface area contributed by atoms with Crippen LogP contribution in [0, 0.1) is 0 Å². The van der Waals surface area contributed by atoms with Crippen LogP contribution in [0.3, 0.4) is 0 Å². The molecular formula is C49H52BBr3N12O7. The van der Waals surface area contributed by atoms with Crippen LogP contribution < -0.4 is 27.1 Å². The molecule has 2 amide bonds. The van der Waals surface area contributed by atoms with Crippen LogP contribution in [0.2, 0.25) is 0 Å². The molecule has 0 unspecified atom stereocenters. The number of Topliss-reactive ketones (excluding diaryl/α,β-unsaturated/α-hetero) is 1. The van der Waals surface area contributed by atoms with Crippen molar-refractivity contribution in [3.63, 3.8) is 0 Å². The Bertz CT molecular complexity index is 2920. The van der Waals surface area contributed by atoms with Gasteiger partial charge in [-0.1, -0.05) is 0 Å². The summed E-state index contributed by atoms with van der Waals surface area (Å²) in [6, 6.07) is 17.6. The molecule has 9 heterocycles. The lowest BCUT2D eigenvalue weighted by Crippen LogP contribution is -2.41. The first-order chi connectivity index (χ1) is 34.2. The van der Waals surface area contributed by atoms with Crippen molar-refractivity contribution in [2.24, 2.45) is 10.7 Å². The molecule has 0 radical (unpaired) electrons. The van der Waals surface area contributed by atoms with Crippen molar-refractivity contribution in [3.8, 4) is 22.3 Å². The highest BCUT2D eigenvalue weighted by Gasteiger charge is 2.51. The second-order valence-electron chi connectivity index (χ2n) is 16.5. The third-order valence-electron chi connectivity index (χ3n) is 10.00. The van der Waals surface area contributed by atoms with Gasteiger partial charge in [0.05, 0.1) is 35.8 Å². The van der Waals surface area contributed by atoms with Crippen LogP contribution in [-0.2, 0) is 34.9 Å². The van der Waals surface area contributed by atoms with Crippen LogP contribution in [0.5, 0.6) is 0 Å². The van der Waals surface area contributed by atoms with Gasteiger partial charge in [0, 0.05) is 100 Å². The minimum absolute atomic E-state index is 0.0959. The predicted octanol–water partition coefficient (Wildman–Crippen LogP) is 9.15. The van der Waals surface area contributed by atoms with Gasteiger partial charge in [0.25, 0.3) is 12.0 Å². The number of aromatic nitrogens is 7. The SMILES string of the molecule is Brc1cncc(Br)c1.CC(=O)Cc1cc(B2OC(C)(C)C(C)(C)O2)ccn1.CC(=O)Nc1cc(-c2cncc(Br)c2)ccn1.CC(=O)Nc1cc(-c2cncc(Nc3ncco3)c2)ccn1.NC1=NCCO1. The first-order valence-electron chi connectivity index (χ1n) is 21.9. The Hall–Kier alpha value is -6.79. The van der Waals surface area contributed by atoms with E-state index in [9.17, 15) is 14.4 Å². The van der Waals surface area contributed by atoms with Crippen molar-refractivity contribution in [2.45, 2.75) is 66.1 Å². The summed E-state index contributed by atoms with van der Waals surface area (Å²) < 4.78 is 24.7. The van der Waals surface area contributed by atoms with Gasteiger partial charge >= 0.3 is 7.12 Å². The van der Waals surface area contributed by atoms with E-state index in [1.165, 1.54) is 20.1 Å². The van der Waals surface area contributed by atoms with Gasteiger partial charge < -0.3 is 40.1 Å². The summed E-state index contributed by atoms with van der Waals surface area (Å²) >= 11 is 9.91. The molecule has 374 valence electrons. The Morgan fingerprint density at radius 2 is 1.19 bits per heavy atom. The molecule has 19 nitrogen and oxygen atoms in total. The molecule has 7 aromatic rings. The number of hydrogen-bond donors (Lipinski definition) is 4. The number of nitrogens with two attached hydrogens (primary N) is 1. The maximum atomic E-state index is 11.1. The van der Waals surface area contributed by atoms with Gasteiger partial charge in [-0.15, -0.1) is 0 Å². The molecule has 0 bridgehead atoms. The fraction of sp³-hybridized carbons (Fsp3) is 0.245. The maximum Gasteiger partial charge on any atom is 0.494 e. The zero-order valence-electron chi connectivity index (χ0n) is 40.4. The number of carbonyl (C=O) groups is 3. The highest BCUT2D eigenvalue weighted by molar-refractivity contribution is 9.11. The monoisotopic (exact) mass is 1170 g/mol. The molecule has 2 aliphatic rings. The van der Waals surface area contributed by atoms with E-state index in [1.54, 1.807) is 75.0 Å². The van der Waals surface area contributed by atoms with E-state index >= 15 is 0 Å². The van der Waals surface area contributed by atoms with E-state index in [0.717, 1.165) is 59.1 Å². The van der Waals surface area contributed by atoms with Crippen LogP contribution in [0.25, 0.3) is 22.3 Å².